The summed E-state index contributed by atoms with van der Waals surface area (Å²) >= 11 is 0. The standard InChI is InChI=1S/C21H24F6N2O/c22-16-2-1-15(17(8-16)21(25,26)27)9-28-10-19(11-28)12-29(13-19)18(30)7-14-3-5-20(23,24)6-4-14/h1-2,8,14H,3-7,9-13H2. The summed E-state index contributed by atoms with van der Waals surface area (Å²) in [5.41, 5.74) is -1.000. The van der Waals surface area contributed by atoms with Crippen molar-refractivity contribution in [2.45, 2.75) is 50.7 Å². The maximum absolute atomic E-state index is 13.2. The van der Waals surface area contributed by atoms with E-state index in [2.05, 4.69) is 0 Å². The number of hydrogen-bond acceptors (Lipinski definition) is 2. The molecular weight excluding hydrogens is 410 g/mol. The highest BCUT2D eigenvalue weighted by molar-refractivity contribution is 5.77. The van der Waals surface area contributed by atoms with Crippen LogP contribution in [-0.2, 0) is 17.5 Å². The van der Waals surface area contributed by atoms with Gasteiger partial charge in [-0.25, -0.2) is 13.2 Å². The zero-order valence-electron chi connectivity index (χ0n) is 16.5. The van der Waals surface area contributed by atoms with Gasteiger partial charge in [0.2, 0.25) is 11.8 Å². The SMILES string of the molecule is O=C(CC1CCC(F)(F)CC1)N1CC2(CN(Cc3ccc(F)cc3C(F)(F)F)C2)C1. The molecule has 4 rings (SSSR count). The third-order valence-electron chi connectivity index (χ3n) is 6.59. The largest absolute Gasteiger partial charge is 0.416 e. The third kappa shape index (κ3) is 4.45. The highest BCUT2D eigenvalue weighted by atomic mass is 19.4. The normalized spacial score (nSPS) is 23.9. The number of halogens is 6. The molecule has 0 N–H and O–H groups in total. The van der Waals surface area contributed by atoms with Gasteiger partial charge in [0.05, 0.1) is 5.56 Å². The Hall–Kier alpha value is -1.77. The number of benzene rings is 1. The Labute approximate surface area is 171 Å². The van der Waals surface area contributed by atoms with Gasteiger partial charge in [0.1, 0.15) is 5.82 Å². The fourth-order valence-electron chi connectivity index (χ4n) is 5.03. The summed E-state index contributed by atoms with van der Waals surface area (Å²) in [5.74, 6) is -3.54. The van der Waals surface area contributed by atoms with Crippen molar-refractivity contribution in [2.75, 3.05) is 26.2 Å². The van der Waals surface area contributed by atoms with E-state index in [9.17, 15) is 31.1 Å². The van der Waals surface area contributed by atoms with Gasteiger partial charge in [0.15, 0.2) is 0 Å². The van der Waals surface area contributed by atoms with Gasteiger partial charge in [-0.15, -0.1) is 0 Å². The summed E-state index contributed by atoms with van der Waals surface area (Å²) in [6.07, 6.45) is -3.90. The van der Waals surface area contributed by atoms with Crippen LogP contribution in [0.25, 0.3) is 0 Å². The van der Waals surface area contributed by atoms with Crippen molar-refractivity contribution in [3.8, 4) is 0 Å². The predicted molar refractivity (Wildman–Crippen MR) is 97.2 cm³/mol. The van der Waals surface area contributed by atoms with Crippen LogP contribution in [0, 0.1) is 17.2 Å². The third-order valence-corrected chi connectivity index (χ3v) is 6.59. The van der Waals surface area contributed by atoms with Crippen molar-refractivity contribution in [1.82, 2.24) is 9.80 Å². The van der Waals surface area contributed by atoms with Gasteiger partial charge in [-0.05, 0) is 36.5 Å². The van der Waals surface area contributed by atoms with E-state index in [1.807, 2.05) is 4.90 Å². The summed E-state index contributed by atoms with van der Waals surface area (Å²) in [6, 6.07) is 2.73. The van der Waals surface area contributed by atoms with Crippen LogP contribution in [0.15, 0.2) is 18.2 Å². The molecule has 2 heterocycles. The minimum absolute atomic E-state index is 0.00540. The zero-order chi connectivity index (χ0) is 21.7. The molecule has 30 heavy (non-hydrogen) atoms. The van der Waals surface area contributed by atoms with Crippen LogP contribution >= 0.6 is 0 Å². The molecule has 3 aliphatic rings. The molecule has 1 aromatic carbocycles. The van der Waals surface area contributed by atoms with Crippen LogP contribution in [0.4, 0.5) is 26.3 Å². The minimum atomic E-state index is -4.61. The molecule has 9 heteroatoms. The topological polar surface area (TPSA) is 23.6 Å². The van der Waals surface area contributed by atoms with Gasteiger partial charge in [0, 0.05) is 57.4 Å². The molecule has 1 saturated carbocycles. The first-order chi connectivity index (χ1) is 13.9. The Balaban J connectivity index is 1.24. The van der Waals surface area contributed by atoms with Crippen LogP contribution in [0.2, 0.25) is 0 Å². The van der Waals surface area contributed by atoms with Crippen LogP contribution < -0.4 is 0 Å². The van der Waals surface area contributed by atoms with E-state index in [0.29, 0.717) is 51.5 Å². The lowest BCUT2D eigenvalue weighted by Gasteiger charge is -2.60. The van der Waals surface area contributed by atoms with E-state index in [1.54, 1.807) is 4.90 Å². The Kier molecular flexibility index (Phi) is 5.31. The Bertz CT molecular complexity index is 800. The minimum Gasteiger partial charge on any atom is -0.341 e. The van der Waals surface area contributed by atoms with Gasteiger partial charge in [-0.3, -0.25) is 9.69 Å². The second-order valence-corrected chi connectivity index (χ2v) is 9.20. The quantitative estimate of drug-likeness (QED) is 0.642. The Morgan fingerprint density at radius 3 is 2.30 bits per heavy atom. The van der Waals surface area contributed by atoms with Crippen LogP contribution in [0.5, 0.6) is 0 Å². The summed E-state index contributed by atoms with van der Waals surface area (Å²) < 4.78 is 79.1. The number of alkyl halides is 5. The Morgan fingerprint density at radius 1 is 1.07 bits per heavy atom. The number of likely N-dealkylation sites (tertiary alicyclic amines) is 2. The number of carbonyl (C=O) groups excluding carboxylic acids is 1. The summed E-state index contributed by atoms with van der Waals surface area (Å²) in [6.45, 7) is 2.37. The first kappa shape index (κ1) is 21.5. The van der Waals surface area contributed by atoms with Crippen molar-refractivity contribution in [2.24, 2.45) is 11.3 Å². The number of nitrogens with zero attached hydrogens (tertiary/aromatic N) is 2. The van der Waals surface area contributed by atoms with Crippen molar-refractivity contribution in [3.05, 3.63) is 35.1 Å². The average molecular weight is 434 g/mol. The van der Waals surface area contributed by atoms with Crippen LogP contribution in [0.3, 0.4) is 0 Å². The maximum Gasteiger partial charge on any atom is 0.416 e. The van der Waals surface area contributed by atoms with Crippen molar-refractivity contribution < 1.29 is 31.1 Å². The molecule has 0 bridgehead atoms. The van der Waals surface area contributed by atoms with Crippen LogP contribution in [-0.4, -0.2) is 47.8 Å². The first-order valence-corrected chi connectivity index (χ1v) is 10.2. The molecule has 2 saturated heterocycles. The molecule has 1 aromatic rings. The van der Waals surface area contributed by atoms with E-state index < -0.39 is 23.5 Å². The number of amides is 1. The molecule has 0 atom stereocenters. The summed E-state index contributed by atoms with van der Waals surface area (Å²) in [4.78, 5) is 16.0. The molecule has 1 aliphatic carbocycles. The fourth-order valence-corrected chi connectivity index (χ4v) is 5.03. The monoisotopic (exact) mass is 434 g/mol. The van der Waals surface area contributed by atoms with Gasteiger partial charge in [-0.1, -0.05) is 6.07 Å². The number of hydrogen-bond donors (Lipinski definition) is 0. The van der Waals surface area contributed by atoms with Gasteiger partial charge < -0.3 is 4.90 Å². The Morgan fingerprint density at radius 2 is 1.70 bits per heavy atom. The lowest BCUT2D eigenvalue weighted by molar-refractivity contribution is -0.162. The maximum atomic E-state index is 13.2. The molecule has 1 amide bonds. The molecule has 2 aliphatic heterocycles. The summed E-state index contributed by atoms with van der Waals surface area (Å²) in [7, 11) is 0. The smallest absolute Gasteiger partial charge is 0.341 e. The fraction of sp³-hybridized carbons (Fsp3) is 0.667. The van der Waals surface area contributed by atoms with Crippen molar-refractivity contribution >= 4 is 5.91 Å². The molecule has 166 valence electrons. The molecule has 1 spiro atoms. The molecule has 0 unspecified atom stereocenters. The average Bonchev–Trinajstić information content (AvgIpc) is 2.58. The number of carbonyl (C=O) groups is 1. The van der Waals surface area contributed by atoms with Crippen molar-refractivity contribution in [3.63, 3.8) is 0 Å². The highest BCUT2D eigenvalue weighted by Gasteiger charge is 2.53. The second kappa shape index (κ2) is 7.43. The lowest BCUT2D eigenvalue weighted by atomic mass is 9.72. The van der Waals surface area contributed by atoms with Crippen LogP contribution in [0.1, 0.15) is 43.2 Å². The molecule has 3 nitrogen and oxygen atoms in total. The molecule has 0 aromatic heterocycles. The van der Waals surface area contributed by atoms with E-state index in [4.69, 9.17) is 0 Å². The second-order valence-electron chi connectivity index (χ2n) is 9.20. The first-order valence-electron chi connectivity index (χ1n) is 10.2. The zero-order valence-corrected chi connectivity index (χ0v) is 16.5. The summed E-state index contributed by atoms with van der Waals surface area (Å²) in [5, 5.41) is 0. The lowest BCUT2D eigenvalue weighted by Crippen LogP contribution is -2.72. The van der Waals surface area contributed by atoms with E-state index in [0.717, 1.165) is 6.07 Å². The van der Waals surface area contributed by atoms with Gasteiger partial charge in [0.25, 0.3) is 0 Å². The van der Waals surface area contributed by atoms with Crippen molar-refractivity contribution in [1.29, 1.82) is 0 Å². The van der Waals surface area contributed by atoms with E-state index >= 15 is 0 Å². The van der Waals surface area contributed by atoms with Gasteiger partial charge in [-0.2, -0.15) is 13.2 Å². The molecule has 0 radical (unpaired) electrons. The highest BCUT2D eigenvalue weighted by Crippen LogP contribution is 2.43. The predicted octanol–water partition coefficient (Wildman–Crippen LogP) is 4.70. The van der Waals surface area contributed by atoms with Gasteiger partial charge >= 0.3 is 6.18 Å². The number of rotatable bonds is 4. The van der Waals surface area contributed by atoms with E-state index in [-0.39, 0.29) is 42.2 Å². The molecule has 3 fully saturated rings. The van der Waals surface area contributed by atoms with E-state index in [1.165, 1.54) is 6.07 Å². The molecular formula is C21H24F6N2O.